The third kappa shape index (κ3) is 4.68. The smallest absolute Gasteiger partial charge is 0.337 e. The van der Waals surface area contributed by atoms with Gasteiger partial charge in [-0.25, -0.2) is 4.79 Å². The van der Waals surface area contributed by atoms with Gasteiger partial charge in [0, 0.05) is 18.7 Å². The van der Waals surface area contributed by atoms with Gasteiger partial charge in [-0.3, -0.25) is 4.90 Å². The van der Waals surface area contributed by atoms with Crippen LogP contribution in [0.15, 0.2) is 28.8 Å². The van der Waals surface area contributed by atoms with Crippen molar-refractivity contribution in [2.24, 2.45) is 0 Å². The lowest BCUT2D eigenvalue weighted by Gasteiger charge is -2.31. The van der Waals surface area contributed by atoms with Crippen molar-refractivity contribution in [1.29, 1.82) is 0 Å². The molecule has 7 heteroatoms. The van der Waals surface area contributed by atoms with Crippen LogP contribution in [0.1, 0.15) is 42.4 Å². The molecule has 2 aromatic rings. The monoisotopic (exact) mass is 359 g/mol. The Labute approximate surface area is 153 Å². The van der Waals surface area contributed by atoms with Crippen LogP contribution >= 0.6 is 0 Å². The second-order valence-corrected chi connectivity index (χ2v) is 6.45. The first-order valence-corrected chi connectivity index (χ1v) is 9.05. The zero-order valence-corrected chi connectivity index (χ0v) is 15.3. The fourth-order valence-corrected chi connectivity index (χ4v) is 3.08. The lowest BCUT2D eigenvalue weighted by molar-refractivity contribution is -0.00455. The maximum atomic E-state index is 11.5. The highest BCUT2D eigenvalue weighted by molar-refractivity contribution is 5.89. The molecule has 2 heterocycles. The summed E-state index contributed by atoms with van der Waals surface area (Å²) in [5.41, 5.74) is 1.29. The predicted molar refractivity (Wildman–Crippen MR) is 95.6 cm³/mol. The minimum atomic E-state index is -0.365. The highest BCUT2D eigenvalue weighted by Crippen LogP contribution is 2.19. The van der Waals surface area contributed by atoms with Crippen LogP contribution in [0, 0.1) is 0 Å². The van der Waals surface area contributed by atoms with Crippen LogP contribution in [-0.4, -0.2) is 53.9 Å². The minimum Gasteiger partial charge on any atom is -0.465 e. The van der Waals surface area contributed by atoms with Gasteiger partial charge < -0.3 is 14.0 Å². The SMILES string of the molecule is CCCO[C@@H]1CCCN(Cc2nc(-c3ccc(C(=O)OC)cc3)no2)C1. The van der Waals surface area contributed by atoms with Crippen molar-refractivity contribution in [3.63, 3.8) is 0 Å². The maximum absolute atomic E-state index is 11.5. The van der Waals surface area contributed by atoms with Gasteiger partial charge >= 0.3 is 5.97 Å². The first-order chi connectivity index (χ1) is 12.7. The van der Waals surface area contributed by atoms with Crippen LogP contribution < -0.4 is 0 Å². The molecule has 0 spiro atoms. The zero-order valence-electron chi connectivity index (χ0n) is 15.3. The number of hydrogen-bond acceptors (Lipinski definition) is 7. The number of esters is 1. The van der Waals surface area contributed by atoms with Crippen LogP contribution in [0.2, 0.25) is 0 Å². The van der Waals surface area contributed by atoms with E-state index in [1.165, 1.54) is 7.11 Å². The van der Waals surface area contributed by atoms with Crippen molar-refractivity contribution in [3.05, 3.63) is 35.7 Å². The number of methoxy groups -OCH3 is 1. The summed E-state index contributed by atoms with van der Waals surface area (Å²) in [6.07, 6.45) is 3.55. The number of benzene rings is 1. The molecule has 1 aliphatic heterocycles. The molecule has 7 nitrogen and oxygen atoms in total. The normalized spacial score (nSPS) is 18.0. The summed E-state index contributed by atoms with van der Waals surface area (Å²) in [6.45, 7) is 5.46. The van der Waals surface area contributed by atoms with E-state index in [9.17, 15) is 4.79 Å². The van der Waals surface area contributed by atoms with Gasteiger partial charge in [0.1, 0.15) is 0 Å². The van der Waals surface area contributed by atoms with Crippen LogP contribution in [0.4, 0.5) is 0 Å². The molecule has 1 fully saturated rings. The van der Waals surface area contributed by atoms with Gasteiger partial charge in [-0.05, 0) is 37.9 Å². The highest BCUT2D eigenvalue weighted by atomic mass is 16.5. The van der Waals surface area contributed by atoms with Gasteiger partial charge in [0.15, 0.2) is 0 Å². The fourth-order valence-electron chi connectivity index (χ4n) is 3.08. The molecule has 0 radical (unpaired) electrons. The van der Waals surface area contributed by atoms with Crippen molar-refractivity contribution < 1.29 is 18.8 Å². The van der Waals surface area contributed by atoms with Gasteiger partial charge in [-0.2, -0.15) is 4.98 Å². The molecule has 0 bridgehead atoms. The van der Waals surface area contributed by atoms with E-state index in [1.54, 1.807) is 24.3 Å². The molecule has 0 unspecified atom stereocenters. The number of carbonyl (C=O) groups excluding carboxylic acids is 1. The van der Waals surface area contributed by atoms with Gasteiger partial charge in [0.05, 0.1) is 25.3 Å². The molecular weight excluding hydrogens is 334 g/mol. The Balaban J connectivity index is 1.60. The van der Waals surface area contributed by atoms with Crippen molar-refractivity contribution >= 4 is 5.97 Å². The van der Waals surface area contributed by atoms with Crippen LogP contribution in [0.25, 0.3) is 11.4 Å². The average molecular weight is 359 g/mol. The summed E-state index contributed by atoms with van der Waals surface area (Å²) >= 11 is 0. The Morgan fingerprint density at radius 3 is 2.88 bits per heavy atom. The van der Waals surface area contributed by atoms with Gasteiger partial charge in [-0.15, -0.1) is 0 Å². The zero-order chi connectivity index (χ0) is 18.4. The maximum Gasteiger partial charge on any atom is 0.337 e. The molecule has 26 heavy (non-hydrogen) atoms. The van der Waals surface area contributed by atoms with E-state index in [1.807, 2.05) is 0 Å². The quantitative estimate of drug-likeness (QED) is 0.703. The third-order valence-electron chi connectivity index (χ3n) is 4.41. The number of likely N-dealkylation sites (tertiary alicyclic amines) is 1. The van der Waals surface area contributed by atoms with Crippen molar-refractivity contribution in [3.8, 4) is 11.4 Å². The van der Waals surface area contributed by atoms with Gasteiger partial charge in [0.25, 0.3) is 0 Å². The third-order valence-corrected chi connectivity index (χ3v) is 4.41. The number of nitrogens with zero attached hydrogens (tertiary/aromatic N) is 3. The largest absolute Gasteiger partial charge is 0.465 e. The molecule has 0 N–H and O–H groups in total. The average Bonchev–Trinajstić information content (AvgIpc) is 3.14. The summed E-state index contributed by atoms with van der Waals surface area (Å²) in [6, 6.07) is 6.96. The fraction of sp³-hybridized carbons (Fsp3) is 0.526. The van der Waals surface area contributed by atoms with Crippen molar-refractivity contribution in [2.45, 2.75) is 38.8 Å². The Hall–Kier alpha value is -2.25. The minimum absolute atomic E-state index is 0.289. The lowest BCUT2D eigenvalue weighted by Crippen LogP contribution is -2.39. The van der Waals surface area contributed by atoms with Crippen LogP contribution in [-0.2, 0) is 16.0 Å². The Morgan fingerprint density at radius 2 is 2.15 bits per heavy atom. The van der Waals surface area contributed by atoms with E-state index in [-0.39, 0.29) is 12.1 Å². The molecule has 1 aromatic carbocycles. The summed E-state index contributed by atoms with van der Waals surface area (Å²) < 4.78 is 16.0. The van der Waals surface area contributed by atoms with E-state index < -0.39 is 0 Å². The first kappa shape index (κ1) is 18.5. The predicted octanol–water partition coefficient (Wildman–Crippen LogP) is 2.91. The van der Waals surface area contributed by atoms with Crippen LogP contribution in [0.5, 0.6) is 0 Å². The highest BCUT2D eigenvalue weighted by Gasteiger charge is 2.22. The van der Waals surface area contributed by atoms with E-state index in [0.29, 0.717) is 23.8 Å². The Bertz CT molecular complexity index is 714. The molecule has 0 aliphatic carbocycles. The number of hydrogen-bond donors (Lipinski definition) is 0. The molecular formula is C19H25N3O4. The number of rotatable bonds is 7. The summed E-state index contributed by atoms with van der Waals surface area (Å²) in [7, 11) is 1.36. The standard InChI is InChI=1S/C19H25N3O4/c1-3-11-25-16-5-4-10-22(12-16)13-17-20-18(21-26-17)14-6-8-15(9-7-14)19(23)24-2/h6-9,16H,3-5,10-13H2,1-2H3/t16-/m1/s1. The topological polar surface area (TPSA) is 77.7 Å². The molecule has 1 saturated heterocycles. The molecule has 140 valence electrons. The molecule has 0 saturated carbocycles. The van der Waals surface area contributed by atoms with E-state index in [4.69, 9.17) is 14.0 Å². The molecule has 0 amide bonds. The van der Waals surface area contributed by atoms with E-state index >= 15 is 0 Å². The number of piperidine rings is 1. The Morgan fingerprint density at radius 1 is 1.35 bits per heavy atom. The Kier molecular flexibility index (Phi) is 6.35. The second-order valence-electron chi connectivity index (χ2n) is 6.45. The molecule has 1 aliphatic rings. The summed E-state index contributed by atoms with van der Waals surface area (Å²) in [4.78, 5) is 18.3. The van der Waals surface area contributed by atoms with E-state index in [2.05, 4.69) is 22.0 Å². The summed E-state index contributed by atoms with van der Waals surface area (Å²) in [5, 5.41) is 4.06. The molecule has 3 rings (SSSR count). The van der Waals surface area contributed by atoms with Crippen LogP contribution in [0.3, 0.4) is 0 Å². The molecule has 1 atom stereocenters. The first-order valence-electron chi connectivity index (χ1n) is 9.05. The second kappa shape index (κ2) is 8.91. The number of ether oxygens (including phenoxy) is 2. The van der Waals surface area contributed by atoms with Crippen molar-refractivity contribution in [1.82, 2.24) is 15.0 Å². The number of aromatic nitrogens is 2. The van der Waals surface area contributed by atoms with E-state index in [0.717, 1.165) is 44.5 Å². The summed E-state index contributed by atoms with van der Waals surface area (Å²) in [5.74, 6) is 0.746. The van der Waals surface area contributed by atoms with Crippen molar-refractivity contribution in [2.75, 3.05) is 26.8 Å². The van der Waals surface area contributed by atoms with Gasteiger partial charge in [0.2, 0.25) is 11.7 Å². The lowest BCUT2D eigenvalue weighted by atomic mass is 10.1. The number of carbonyl (C=O) groups is 1. The van der Waals surface area contributed by atoms with Gasteiger partial charge in [-0.1, -0.05) is 24.2 Å². The molecule has 1 aromatic heterocycles.